The van der Waals surface area contributed by atoms with Crippen molar-refractivity contribution in [2.24, 2.45) is 0 Å². The molecule has 0 bridgehead atoms. The van der Waals surface area contributed by atoms with Crippen molar-refractivity contribution in [3.8, 4) is 5.69 Å². The number of hydrogen-bond donors (Lipinski definition) is 2. The molecule has 9 nitrogen and oxygen atoms in total. The van der Waals surface area contributed by atoms with Gasteiger partial charge in [0.2, 0.25) is 11.9 Å². The summed E-state index contributed by atoms with van der Waals surface area (Å²) in [4.78, 5) is 37.9. The zero-order valence-electron chi connectivity index (χ0n) is 20.0. The lowest BCUT2D eigenvalue weighted by Gasteiger charge is -2.34. The second-order valence-corrected chi connectivity index (χ2v) is 8.69. The molecule has 0 aliphatic carbocycles. The van der Waals surface area contributed by atoms with Crippen molar-refractivity contribution in [3.05, 3.63) is 89.9 Å². The van der Waals surface area contributed by atoms with Crippen LogP contribution in [0, 0.1) is 0 Å². The van der Waals surface area contributed by atoms with Gasteiger partial charge in [-0.15, -0.1) is 0 Å². The summed E-state index contributed by atoms with van der Waals surface area (Å²) in [5, 5.41) is 6.39. The van der Waals surface area contributed by atoms with Gasteiger partial charge in [0.15, 0.2) is 11.1 Å². The molecule has 4 aromatic rings. The Morgan fingerprint density at radius 3 is 2.53 bits per heavy atom. The van der Waals surface area contributed by atoms with Crippen molar-refractivity contribution < 1.29 is 4.79 Å². The molecule has 0 radical (unpaired) electrons. The Morgan fingerprint density at radius 1 is 1.00 bits per heavy atom. The van der Waals surface area contributed by atoms with E-state index < -0.39 is 0 Å². The molecular formula is C27H27N7O2. The Hall–Kier alpha value is -4.50. The fourth-order valence-electron chi connectivity index (χ4n) is 4.18. The third-order valence-corrected chi connectivity index (χ3v) is 6.21. The van der Waals surface area contributed by atoms with Crippen LogP contribution in [0.2, 0.25) is 0 Å². The first kappa shape index (κ1) is 23.3. The van der Waals surface area contributed by atoms with Crippen LogP contribution >= 0.6 is 0 Å². The van der Waals surface area contributed by atoms with Crippen LogP contribution in [0.1, 0.15) is 0 Å². The maximum Gasteiger partial charge on any atom is 0.247 e. The van der Waals surface area contributed by atoms with Gasteiger partial charge in [-0.1, -0.05) is 12.6 Å². The number of piperazine rings is 1. The second-order valence-electron chi connectivity index (χ2n) is 8.69. The number of anilines is 4. The highest BCUT2D eigenvalue weighted by molar-refractivity contribution is 5.99. The van der Waals surface area contributed by atoms with Crippen LogP contribution in [0.4, 0.5) is 23.0 Å². The fraction of sp³-hybridized carbons (Fsp3) is 0.185. The van der Waals surface area contributed by atoms with Gasteiger partial charge in [-0.25, -0.2) is 4.98 Å². The zero-order chi connectivity index (χ0) is 25.1. The van der Waals surface area contributed by atoms with Gasteiger partial charge in [-0.2, -0.15) is 4.98 Å². The van der Waals surface area contributed by atoms with Gasteiger partial charge >= 0.3 is 0 Å². The number of amides is 1. The Bertz CT molecular complexity index is 1470. The molecule has 1 saturated heterocycles. The minimum Gasteiger partial charge on any atom is -0.369 e. The van der Waals surface area contributed by atoms with Crippen LogP contribution < -0.4 is 21.0 Å². The molecule has 1 aliphatic heterocycles. The van der Waals surface area contributed by atoms with Crippen molar-refractivity contribution >= 4 is 40.0 Å². The summed E-state index contributed by atoms with van der Waals surface area (Å²) < 4.78 is 1.80. The van der Waals surface area contributed by atoms with Gasteiger partial charge in [0.05, 0.1) is 5.39 Å². The predicted octanol–water partition coefficient (Wildman–Crippen LogP) is 3.40. The number of carbonyl (C=O) groups is 1. The van der Waals surface area contributed by atoms with Crippen LogP contribution in [0.3, 0.4) is 0 Å². The molecule has 2 N–H and O–H groups in total. The van der Waals surface area contributed by atoms with Gasteiger partial charge < -0.3 is 25.0 Å². The first-order valence-electron chi connectivity index (χ1n) is 11.7. The number of benzene rings is 2. The average Bonchev–Trinajstić information content (AvgIpc) is 2.90. The first-order valence-corrected chi connectivity index (χ1v) is 11.7. The lowest BCUT2D eigenvalue weighted by Crippen LogP contribution is -2.44. The zero-order valence-corrected chi connectivity index (χ0v) is 20.0. The van der Waals surface area contributed by atoms with E-state index in [1.165, 1.54) is 24.0 Å². The first-order chi connectivity index (χ1) is 17.5. The minimum absolute atomic E-state index is 0.166. The topological polar surface area (TPSA) is 95.4 Å². The lowest BCUT2D eigenvalue weighted by atomic mass is 10.2. The summed E-state index contributed by atoms with van der Waals surface area (Å²) in [6, 6.07) is 16.9. The van der Waals surface area contributed by atoms with Crippen molar-refractivity contribution in [2.75, 3.05) is 48.8 Å². The number of pyridine rings is 1. The van der Waals surface area contributed by atoms with Crippen molar-refractivity contribution in [1.29, 1.82) is 0 Å². The number of fused-ring (bicyclic) bond motifs is 1. The molecule has 182 valence electrons. The monoisotopic (exact) mass is 481 g/mol. The van der Waals surface area contributed by atoms with E-state index in [0.717, 1.165) is 37.6 Å². The van der Waals surface area contributed by atoms with Crippen LogP contribution in [-0.2, 0) is 4.79 Å². The van der Waals surface area contributed by atoms with Crippen LogP contribution in [0.15, 0.2) is 84.4 Å². The fourth-order valence-corrected chi connectivity index (χ4v) is 4.18. The summed E-state index contributed by atoms with van der Waals surface area (Å²) >= 11 is 0. The van der Waals surface area contributed by atoms with E-state index in [1.807, 2.05) is 24.3 Å². The Labute approximate surface area is 208 Å². The molecule has 1 fully saturated rings. The largest absolute Gasteiger partial charge is 0.369 e. The summed E-state index contributed by atoms with van der Waals surface area (Å²) in [6.45, 7) is 7.60. The number of nitrogens with one attached hydrogen (secondary N) is 2. The van der Waals surface area contributed by atoms with E-state index >= 15 is 0 Å². The summed E-state index contributed by atoms with van der Waals surface area (Å²) in [5.74, 6) is 0.0784. The second kappa shape index (κ2) is 10.0. The van der Waals surface area contributed by atoms with Gasteiger partial charge in [-0.05, 0) is 55.6 Å². The molecule has 0 unspecified atom stereocenters. The third kappa shape index (κ3) is 4.96. The molecule has 36 heavy (non-hydrogen) atoms. The van der Waals surface area contributed by atoms with E-state index in [0.29, 0.717) is 22.7 Å². The normalized spacial score (nSPS) is 14.0. The van der Waals surface area contributed by atoms with Crippen LogP contribution in [-0.4, -0.2) is 58.6 Å². The van der Waals surface area contributed by atoms with Gasteiger partial charge in [0.25, 0.3) is 0 Å². The molecule has 5 rings (SSSR count). The lowest BCUT2D eigenvalue weighted by molar-refractivity contribution is -0.111. The minimum atomic E-state index is -0.302. The number of nitrogens with zero attached hydrogens (tertiary/aromatic N) is 5. The van der Waals surface area contributed by atoms with Crippen molar-refractivity contribution in [3.63, 3.8) is 0 Å². The van der Waals surface area contributed by atoms with E-state index in [4.69, 9.17) is 0 Å². The van der Waals surface area contributed by atoms with E-state index in [9.17, 15) is 9.59 Å². The molecule has 0 spiro atoms. The highest BCUT2D eigenvalue weighted by Crippen LogP contribution is 2.23. The molecule has 3 heterocycles. The van der Waals surface area contributed by atoms with E-state index in [-0.39, 0.29) is 11.3 Å². The number of hydrogen-bond acceptors (Lipinski definition) is 7. The maximum absolute atomic E-state index is 12.5. The SMILES string of the molecule is C=CC(=O)Nc1cccc(-n2ccc(=O)c3cnc(Nc4ccc(N5CCN(C)CC5)cc4)nc32)c1. The Balaban J connectivity index is 1.43. The van der Waals surface area contributed by atoms with Gasteiger partial charge in [-0.3, -0.25) is 9.59 Å². The van der Waals surface area contributed by atoms with Gasteiger partial charge in [0.1, 0.15) is 0 Å². The molecule has 1 amide bonds. The van der Waals surface area contributed by atoms with Crippen molar-refractivity contribution in [2.45, 2.75) is 0 Å². The predicted molar refractivity (Wildman–Crippen MR) is 143 cm³/mol. The maximum atomic E-state index is 12.5. The highest BCUT2D eigenvalue weighted by atomic mass is 16.1. The molecular weight excluding hydrogens is 454 g/mol. The summed E-state index contributed by atoms with van der Waals surface area (Å²) in [5.41, 5.74) is 3.68. The van der Waals surface area contributed by atoms with Crippen LogP contribution in [0.5, 0.6) is 0 Å². The average molecular weight is 482 g/mol. The molecule has 0 atom stereocenters. The molecule has 2 aromatic carbocycles. The highest BCUT2D eigenvalue weighted by Gasteiger charge is 2.14. The quantitative estimate of drug-likeness (QED) is 0.408. The Kier molecular flexibility index (Phi) is 6.46. The van der Waals surface area contributed by atoms with E-state index in [1.54, 1.807) is 22.9 Å². The number of aromatic nitrogens is 3. The molecule has 9 heteroatoms. The Morgan fingerprint density at radius 2 is 1.78 bits per heavy atom. The van der Waals surface area contributed by atoms with Crippen LogP contribution in [0.25, 0.3) is 16.7 Å². The molecule has 0 saturated carbocycles. The number of carbonyl (C=O) groups excluding carboxylic acids is 1. The van der Waals surface area contributed by atoms with Crippen molar-refractivity contribution in [1.82, 2.24) is 19.4 Å². The number of likely N-dealkylation sites (N-methyl/N-ethyl adjacent to an activating group) is 1. The molecule has 2 aromatic heterocycles. The third-order valence-electron chi connectivity index (χ3n) is 6.21. The van der Waals surface area contributed by atoms with E-state index in [2.05, 4.69) is 56.2 Å². The number of rotatable bonds is 6. The smallest absolute Gasteiger partial charge is 0.247 e. The standard InChI is InChI=1S/C27H27N7O2/c1-3-25(36)29-20-5-4-6-22(17-20)34-12-11-24(35)23-18-28-27(31-26(23)34)30-19-7-9-21(10-8-19)33-15-13-32(2)14-16-33/h3-12,17-18H,1,13-16H2,2H3,(H,29,36)(H,28,30,31). The van der Waals surface area contributed by atoms with Gasteiger partial charge in [0, 0.05) is 67.4 Å². The molecule has 1 aliphatic rings. The summed E-state index contributed by atoms with van der Waals surface area (Å²) in [7, 11) is 2.14. The summed E-state index contributed by atoms with van der Waals surface area (Å²) in [6.07, 6.45) is 4.41.